The molecule has 0 saturated carbocycles. The van der Waals surface area contributed by atoms with Crippen molar-refractivity contribution >= 4 is 29.3 Å². The van der Waals surface area contributed by atoms with Crippen molar-refractivity contribution in [1.29, 1.82) is 0 Å². The van der Waals surface area contributed by atoms with Gasteiger partial charge in [0.05, 0.1) is 16.3 Å². The Kier molecular flexibility index (Phi) is 4.96. The molecule has 4 nitrogen and oxygen atoms in total. The molecule has 0 unspecified atom stereocenters. The molecular formula is C15H18ClN3OS. The van der Waals surface area contributed by atoms with Gasteiger partial charge in [-0.15, -0.1) is 11.8 Å². The van der Waals surface area contributed by atoms with Gasteiger partial charge in [-0.1, -0.05) is 11.6 Å². The first kappa shape index (κ1) is 15.9. The van der Waals surface area contributed by atoms with Gasteiger partial charge in [0.2, 0.25) is 0 Å². The van der Waals surface area contributed by atoms with Crippen LogP contribution in [0.5, 0.6) is 0 Å². The van der Waals surface area contributed by atoms with Gasteiger partial charge in [-0.25, -0.2) is 0 Å². The zero-order valence-electron chi connectivity index (χ0n) is 12.6. The molecule has 0 fully saturated rings. The molecule has 0 saturated heterocycles. The number of hydrogen-bond donors (Lipinski definition) is 0. The van der Waals surface area contributed by atoms with Gasteiger partial charge in [-0.05, 0) is 31.4 Å². The minimum atomic E-state index is -0.0841. The zero-order valence-corrected chi connectivity index (χ0v) is 14.1. The number of aryl methyl sites for hydroxylation is 2. The lowest BCUT2D eigenvalue weighted by Gasteiger charge is -2.18. The second kappa shape index (κ2) is 6.54. The molecule has 112 valence electrons. The third-order valence-corrected chi connectivity index (χ3v) is 4.33. The second-order valence-corrected chi connectivity index (χ2v) is 6.21. The Hall–Kier alpha value is -1.46. The van der Waals surface area contributed by atoms with Gasteiger partial charge in [0, 0.05) is 37.3 Å². The van der Waals surface area contributed by atoms with Crippen molar-refractivity contribution in [2.75, 3.05) is 13.3 Å². The van der Waals surface area contributed by atoms with Gasteiger partial charge < -0.3 is 4.90 Å². The molecule has 0 atom stereocenters. The minimum Gasteiger partial charge on any atom is -0.337 e. The Labute approximate surface area is 134 Å². The molecule has 0 aliphatic rings. The highest BCUT2D eigenvalue weighted by molar-refractivity contribution is 7.98. The van der Waals surface area contributed by atoms with E-state index in [0.717, 1.165) is 16.2 Å². The fraction of sp³-hybridized carbons (Fsp3) is 0.333. The number of thioether (sulfide) groups is 1. The average molecular weight is 324 g/mol. The number of nitrogens with zero attached hydrogens (tertiary/aromatic N) is 3. The number of rotatable bonds is 4. The first-order valence-corrected chi connectivity index (χ1v) is 8.10. The topological polar surface area (TPSA) is 38.1 Å². The van der Waals surface area contributed by atoms with Crippen molar-refractivity contribution < 1.29 is 4.79 Å². The second-order valence-electron chi connectivity index (χ2n) is 4.92. The molecule has 2 rings (SSSR count). The monoisotopic (exact) mass is 323 g/mol. The molecule has 0 bridgehead atoms. The van der Waals surface area contributed by atoms with Gasteiger partial charge in [0.1, 0.15) is 0 Å². The molecule has 1 heterocycles. The molecular weight excluding hydrogens is 306 g/mol. The lowest BCUT2D eigenvalue weighted by Crippen LogP contribution is -2.26. The summed E-state index contributed by atoms with van der Waals surface area (Å²) in [6, 6.07) is 5.51. The molecule has 0 radical (unpaired) electrons. The summed E-state index contributed by atoms with van der Waals surface area (Å²) >= 11 is 7.75. The van der Waals surface area contributed by atoms with Gasteiger partial charge in [-0.2, -0.15) is 5.10 Å². The van der Waals surface area contributed by atoms with Gasteiger partial charge in [0.15, 0.2) is 0 Å². The summed E-state index contributed by atoms with van der Waals surface area (Å²) in [5.74, 6) is -0.0841. The Morgan fingerprint density at radius 3 is 2.76 bits per heavy atom. The van der Waals surface area contributed by atoms with Crippen LogP contribution < -0.4 is 0 Å². The molecule has 0 aliphatic heterocycles. The van der Waals surface area contributed by atoms with Crippen LogP contribution in [-0.4, -0.2) is 33.9 Å². The van der Waals surface area contributed by atoms with Crippen LogP contribution in [0.3, 0.4) is 0 Å². The van der Waals surface area contributed by atoms with E-state index in [9.17, 15) is 4.79 Å². The molecule has 1 aromatic heterocycles. The van der Waals surface area contributed by atoms with Crippen LogP contribution in [0.2, 0.25) is 5.02 Å². The maximum absolute atomic E-state index is 12.6. The van der Waals surface area contributed by atoms with Crippen LogP contribution in [0.25, 0.3) is 0 Å². The highest BCUT2D eigenvalue weighted by Gasteiger charge is 2.17. The largest absolute Gasteiger partial charge is 0.337 e. The van der Waals surface area contributed by atoms with Crippen LogP contribution >= 0.6 is 23.4 Å². The summed E-state index contributed by atoms with van der Waals surface area (Å²) in [4.78, 5) is 15.2. The van der Waals surface area contributed by atoms with Crippen molar-refractivity contribution in [2.45, 2.75) is 18.4 Å². The Bertz CT molecular complexity index is 669. The number of carbonyl (C=O) groups excluding carboxylic acids is 1. The third-order valence-electron chi connectivity index (χ3n) is 3.27. The first-order chi connectivity index (χ1) is 9.92. The highest BCUT2D eigenvalue weighted by Crippen LogP contribution is 2.24. The standard InChI is InChI=1S/C15H18ClN3OS/c1-10-11(9-19(3)17-10)8-18(2)15(20)13-7-12(21-4)5-6-14(13)16/h5-7,9H,8H2,1-4H3. The zero-order chi connectivity index (χ0) is 15.6. The average Bonchev–Trinajstić information content (AvgIpc) is 2.76. The fourth-order valence-corrected chi connectivity index (χ4v) is 2.77. The number of halogens is 1. The minimum absolute atomic E-state index is 0.0841. The van der Waals surface area contributed by atoms with Crippen molar-refractivity contribution in [2.24, 2.45) is 7.05 Å². The van der Waals surface area contributed by atoms with E-state index in [2.05, 4.69) is 5.10 Å². The predicted molar refractivity (Wildman–Crippen MR) is 87.0 cm³/mol. The molecule has 0 N–H and O–H groups in total. The summed E-state index contributed by atoms with van der Waals surface area (Å²) in [6.07, 6.45) is 3.90. The Morgan fingerprint density at radius 1 is 1.48 bits per heavy atom. The van der Waals surface area contributed by atoms with Crippen LogP contribution in [0, 0.1) is 6.92 Å². The van der Waals surface area contributed by atoms with E-state index in [0.29, 0.717) is 17.1 Å². The molecule has 0 spiro atoms. The quantitative estimate of drug-likeness (QED) is 0.810. The summed E-state index contributed by atoms with van der Waals surface area (Å²) in [6.45, 7) is 2.45. The molecule has 21 heavy (non-hydrogen) atoms. The third kappa shape index (κ3) is 3.60. The number of aromatic nitrogens is 2. The fourth-order valence-electron chi connectivity index (χ4n) is 2.13. The van der Waals surface area contributed by atoms with Crippen LogP contribution in [-0.2, 0) is 13.6 Å². The number of carbonyl (C=O) groups is 1. The van der Waals surface area contributed by atoms with Gasteiger partial charge in [0.25, 0.3) is 5.91 Å². The van der Waals surface area contributed by atoms with E-state index in [1.54, 1.807) is 34.5 Å². The van der Waals surface area contributed by atoms with E-state index in [1.165, 1.54) is 0 Å². The van der Waals surface area contributed by atoms with Crippen LogP contribution in [0.15, 0.2) is 29.3 Å². The predicted octanol–water partition coefficient (Wildman–Crippen LogP) is 3.38. The summed E-state index contributed by atoms with van der Waals surface area (Å²) in [5.41, 5.74) is 2.50. The van der Waals surface area contributed by atoms with E-state index < -0.39 is 0 Å². The van der Waals surface area contributed by atoms with E-state index in [1.807, 2.05) is 38.6 Å². The maximum Gasteiger partial charge on any atom is 0.255 e. The molecule has 2 aromatic rings. The van der Waals surface area contributed by atoms with Crippen molar-refractivity contribution in [3.63, 3.8) is 0 Å². The Morgan fingerprint density at radius 2 is 2.19 bits per heavy atom. The number of hydrogen-bond acceptors (Lipinski definition) is 3. The first-order valence-electron chi connectivity index (χ1n) is 6.50. The van der Waals surface area contributed by atoms with Gasteiger partial charge in [-0.3, -0.25) is 9.48 Å². The smallest absolute Gasteiger partial charge is 0.255 e. The molecule has 0 aliphatic carbocycles. The number of amides is 1. The molecule has 1 aromatic carbocycles. The van der Waals surface area contributed by atoms with Crippen molar-refractivity contribution in [3.05, 3.63) is 46.2 Å². The van der Waals surface area contributed by atoms with Crippen molar-refractivity contribution in [3.8, 4) is 0 Å². The highest BCUT2D eigenvalue weighted by atomic mass is 35.5. The summed E-state index contributed by atoms with van der Waals surface area (Å²) in [7, 11) is 3.65. The summed E-state index contributed by atoms with van der Waals surface area (Å²) < 4.78 is 1.75. The van der Waals surface area contributed by atoms with Crippen molar-refractivity contribution in [1.82, 2.24) is 14.7 Å². The molecule has 1 amide bonds. The molecule has 6 heteroatoms. The van der Waals surface area contributed by atoms with Crippen LogP contribution in [0.4, 0.5) is 0 Å². The Balaban J connectivity index is 2.21. The normalized spacial score (nSPS) is 10.7. The van der Waals surface area contributed by atoms with E-state index >= 15 is 0 Å². The van der Waals surface area contributed by atoms with Gasteiger partial charge >= 0.3 is 0 Å². The van der Waals surface area contributed by atoms with Crippen LogP contribution in [0.1, 0.15) is 21.6 Å². The number of benzene rings is 1. The SMILES string of the molecule is CSc1ccc(Cl)c(C(=O)N(C)Cc2cn(C)nc2C)c1. The maximum atomic E-state index is 12.6. The van der Waals surface area contributed by atoms with E-state index in [4.69, 9.17) is 11.6 Å². The van der Waals surface area contributed by atoms with E-state index in [-0.39, 0.29) is 5.91 Å². The lowest BCUT2D eigenvalue weighted by molar-refractivity contribution is 0.0785. The summed E-state index contributed by atoms with van der Waals surface area (Å²) in [5, 5.41) is 4.77. The lowest BCUT2D eigenvalue weighted by atomic mass is 10.2.